The summed E-state index contributed by atoms with van der Waals surface area (Å²) in [5, 5.41) is 15.4. The van der Waals surface area contributed by atoms with E-state index in [-0.39, 0.29) is 18.1 Å². The summed E-state index contributed by atoms with van der Waals surface area (Å²) in [6, 6.07) is 6.88. The maximum Gasteiger partial charge on any atom is 0.224 e. The number of likely N-dealkylation sites (N-methyl/N-ethyl adjacent to an activating group) is 1. The molecule has 88 valence electrons. The van der Waals surface area contributed by atoms with Gasteiger partial charge in [0.05, 0.1) is 6.42 Å². The Bertz CT molecular complexity index is 340. The van der Waals surface area contributed by atoms with E-state index in [1.54, 1.807) is 24.3 Å². The first-order valence-electron chi connectivity index (χ1n) is 5.48. The highest BCUT2D eigenvalue weighted by molar-refractivity contribution is 5.79. The summed E-state index contributed by atoms with van der Waals surface area (Å²) in [7, 11) is 0. The van der Waals surface area contributed by atoms with Gasteiger partial charge in [0.15, 0.2) is 0 Å². The summed E-state index contributed by atoms with van der Waals surface area (Å²) in [5.41, 5.74) is 0.656. The molecule has 0 heterocycles. The topological polar surface area (TPSA) is 61.4 Å². The molecule has 1 aromatic carbocycles. The molecule has 0 aliphatic carbocycles. The lowest BCUT2D eigenvalue weighted by Gasteiger charge is -2.06. The van der Waals surface area contributed by atoms with Crippen LogP contribution in [0, 0.1) is 0 Å². The molecule has 1 aromatic rings. The van der Waals surface area contributed by atoms with Crippen molar-refractivity contribution in [2.75, 3.05) is 19.6 Å². The Hall–Kier alpha value is -1.55. The van der Waals surface area contributed by atoms with Gasteiger partial charge in [-0.3, -0.25) is 4.79 Å². The highest BCUT2D eigenvalue weighted by Gasteiger charge is 2.05. The van der Waals surface area contributed by atoms with E-state index >= 15 is 0 Å². The van der Waals surface area contributed by atoms with Crippen LogP contribution in [0.4, 0.5) is 0 Å². The van der Waals surface area contributed by atoms with Crippen LogP contribution in [0.25, 0.3) is 0 Å². The van der Waals surface area contributed by atoms with Crippen LogP contribution in [0.15, 0.2) is 24.3 Å². The summed E-state index contributed by atoms with van der Waals surface area (Å²) in [6.45, 7) is 4.29. The number of rotatable bonds is 6. The fourth-order valence-electron chi connectivity index (χ4n) is 1.36. The number of nitrogens with one attached hydrogen (secondary N) is 2. The standard InChI is InChI=1S/C12H18N2O2/c1-2-13-7-8-14-12(16)9-10-5-3-4-6-11(10)15/h3-6,13,15H,2,7-9H2,1H3,(H,14,16). The molecule has 4 nitrogen and oxygen atoms in total. The number of carbonyl (C=O) groups excluding carboxylic acids is 1. The van der Waals surface area contributed by atoms with Gasteiger partial charge in [0.2, 0.25) is 5.91 Å². The zero-order valence-corrected chi connectivity index (χ0v) is 9.49. The van der Waals surface area contributed by atoms with Crippen LogP contribution >= 0.6 is 0 Å². The van der Waals surface area contributed by atoms with Crippen molar-refractivity contribution >= 4 is 5.91 Å². The van der Waals surface area contributed by atoms with E-state index in [1.165, 1.54) is 0 Å². The van der Waals surface area contributed by atoms with Crippen LogP contribution in [0.1, 0.15) is 12.5 Å². The van der Waals surface area contributed by atoms with Gasteiger partial charge in [-0.1, -0.05) is 25.1 Å². The number of phenols is 1. The SMILES string of the molecule is CCNCCNC(=O)Cc1ccccc1O. The molecule has 0 aliphatic heterocycles. The lowest BCUT2D eigenvalue weighted by Crippen LogP contribution is -2.32. The van der Waals surface area contributed by atoms with Crippen LogP contribution < -0.4 is 10.6 Å². The van der Waals surface area contributed by atoms with Gasteiger partial charge in [0, 0.05) is 18.7 Å². The minimum absolute atomic E-state index is 0.0700. The Morgan fingerprint density at radius 1 is 1.31 bits per heavy atom. The minimum Gasteiger partial charge on any atom is -0.508 e. The largest absolute Gasteiger partial charge is 0.508 e. The van der Waals surface area contributed by atoms with Gasteiger partial charge in [-0.15, -0.1) is 0 Å². The Morgan fingerprint density at radius 3 is 2.75 bits per heavy atom. The highest BCUT2D eigenvalue weighted by Crippen LogP contribution is 2.15. The van der Waals surface area contributed by atoms with Gasteiger partial charge in [-0.2, -0.15) is 0 Å². The zero-order valence-electron chi connectivity index (χ0n) is 9.49. The fourth-order valence-corrected chi connectivity index (χ4v) is 1.36. The molecule has 0 radical (unpaired) electrons. The van der Waals surface area contributed by atoms with Gasteiger partial charge in [-0.05, 0) is 12.6 Å². The van der Waals surface area contributed by atoms with Gasteiger partial charge >= 0.3 is 0 Å². The molecule has 1 amide bonds. The molecular formula is C12H18N2O2. The summed E-state index contributed by atoms with van der Waals surface area (Å²) in [6.07, 6.45) is 0.221. The third-order valence-electron chi connectivity index (χ3n) is 2.22. The maximum atomic E-state index is 11.5. The molecule has 0 bridgehead atoms. The van der Waals surface area contributed by atoms with Crippen molar-refractivity contribution in [3.05, 3.63) is 29.8 Å². The first-order chi connectivity index (χ1) is 7.74. The van der Waals surface area contributed by atoms with Crippen molar-refractivity contribution in [2.24, 2.45) is 0 Å². The van der Waals surface area contributed by atoms with E-state index in [9.17, 15) is 9.90 Å². The summed E-state index contributed by atoms with van der Waals surface area (Å²) in [4.78, 5) is 11.5. The van der Waals surface area contributed by atoms with Crippen LogP contribution in [0.5, 0.6) is 5.75 Å². The number of hydrogen-bond acceptors (Lipinski definition) is 3. The first-order valence-corrected chi connectivity index (χ1v) is 5.48. The van der Waals surface area contributed by atoms with E-state index in [0.29, 0.717) is 12.1 Å². The molecule has 4 heteroatoms. The predicted octanol–water partition coefficient (Wildman–Crippen LogP) is 0.660. The van der Waals surface area contributed by atoms with E-state index in [0.717, 1.165) is 13.1 Å². The summed E-state index contributed by atoms with van der Waals surface area (Å²) >= 11 is 0. The lowest BCUT2D eigenvalue weighted by molar-refractivity contribution is -0.120. The van der Waals surface area contributed by atoms with Gasteiger partial charge in [0.1, 0.15) is 5.75 Å². The number of hydrogen-bond donors (Lipinski definition) is 3. The second-order valence-electron chi connectivity index (χ2n) is 3.51. The maximum absolute atomic E-state index is 11.5. The molecule has 0 fully saturated rings. The molecule has 0 unspecified atom stereocenters. The van der Waals surface area contributed by atoms with Crippen LogP contribution in [0.3, 0.4) is 0 Å². The molecule has 16 heavy (non-hydrogen) atoms. The summed E-state index contributed by atoms with van der Waals surface area (Å²) < 4.78 is 0. The van der Waals surface area contributed by atoms with Gasteiger partial charge in [0.25, 0.3) is 0 Å². The highest BCUT2D eigenvalue weighted by atomic mass is 16.3. The number of phenolic OH excluding ortho intramolecular Hbond substituents is 1. The molecule has 0 saturated heterocycles. The van der Waals surface area contributed by atoms with Crippen LogP contribution in [-0.2, 0) is 11.2 Å². The zero-order chi connectivity index (χ0) is 11.8. The Labute approximate surface area is 95.7 Å². The molecule has 3 N–H and O–H groups in total. The second-order valence-corrected chi connectivity index (χ2v) is 3.51. The Morgan fingerprint density at radius 2 is 2.06 bits per heavy atom. The van der Waals surface area contributed by atoms with E-state index in [2.05, 4.69) is 10.6 Å². The summed E-state index contributed by atoms with van der Waals surface area (Å²) in [5.74, 6) is 0.101. The number of aromatic hydroxyl groups is 1. The number of benzene rings is 1. The van der Waals surface area contributed by atoms with E-state index < -0.39 is 0 Å². The smallest absolute Gasteiger partial charge is 0.224 e. The molecule has 0 saturated carbocycles. The van der Waals surface area contributed by atoms with Gasteiger partial charge in [-0.25, -0.2) is 0 Å². The molecular weight excluding hydrogens is 204 g/mol. The Kier molecular flexibility index (Phi) is 5.36. The minimum atomic E-state index is -0.0700. The van der Waals surface area contributed by atoms with Crippen LogP contribution in [0.2, 0.25) is 0 Å². The number of carbonyl (C=O) groups is 1. The average Bonchev–Trinajstić information content (AvgIpc) is 2.28. The van der Waals surface area contributed by atoms with Crippen LogP contribution in [-0.4, -0.2) is 30.6 Å². The van der Waals surface area contributed by atoms with E-state index in [4.69, 9.17) is 0 Å². The molecule has 0 aliphatic rings. The quantitative estimate of drug-likeness (QED) is 0.620. The third kappa shape index (κ3) is 4.31. The number of para-hydroxylation sites is 1. The van der Waals surface area contributed by atoms with Crippen molar-refractivity contribution in [3.8, 4) is 5.75 Å². The van der Waals surface area contributed by atoms with Crippen molar-refractivity contribution in [2.45, 2.75) is 13.3 Å². The average molecular weight is 222 g/mol. The molecule has 1 rings (SSSR count). The molecule has 0 atom stereocenters. The monoisotopic (exact) mass is 222 g/mol. The van der Waals surface area contributed by atoms with Crippen molar-refractivity contribution in [1.82, 2.24) is 10.6 Å². The van der Waals surface area contributed by atoms with Crippen molar-refractivity contribution < 1.29 is 9.90 Å². The van der Waals surface area contributed by atoms with E-state index in [1.807, 2.05) is 6.92 Å². The predicted molar refractivity (Wildman–Crippen MR) is 63.4 cm³/mol. The van der Waals surface area contributed by atoms with Crippen molar-refractivity contribution in [3.63, 3.8) is 0 Å². The number of amides is 1. The first kappa shape index (κ1) is 12.5. The Balaban J connectivity index is 2.32. The molecule has 0 aromatic heterocycles. The third-order valence-corrected chi connectivity index (χ3v) is 2.22. The normalized spacial score (nSPS) is 10.1. The second kappa shape index (κ2) is 6.85. The van der Waals surface area contributed by atoms with Crippen molar-refractivity contribution in [1.29, 1.82) is 0 Å². The fraction of sp³-hybridized carbons (Fsp3) is 0.417. The molecule has 0 spiro atoms. The van der Waals surface area contributed by atoms with Gasteiger partial charge < -0.3 is 15.7 Å². The lowest BCUT2D eigenvalue weighted by atomic mass is 10.1.